The second-order valence-corrected chi connectivity index (χ2v) is 5.60. The average Bonchev–Trinajstić information content (AvgIpc) is 2.38. The molecule has 0 bridgehead atoms. The Labute approximate surface area is 125 Å². The summed E-state index contributed by atoms with van der Waals surface area (Å²) in [4.78, 5) is 37.0. The highest BCUT2D eigenvalue weighted by Gasteiger charge is 2.40. The molecule has 0 radical (unpaired) electrons. The van der Waals surface area contributed by atoms with Crippen LogP contribution < -0.4 is 10.2 Å². The number of nitrogens with one attached hydrogen (secondary N) is 1. The van der Waals surface area contributed by atoms with E-state index in [2.05, 4.69) is 21.2 Å². The van der Waals surface area contributed by atoms with E-state index in [0.717, 1.165) is 14.9 Å². The first-order valence-corrected chi connectivity index (χ1v) is 7.20. The molecule has 0 spiro atoms. The molecule has 1 unspecified atom stereocenters. The van der Waals surface area contributed by atoms with Crippen LogP contribution in [0.5, 0.6) is 0 Å². The molecule has 1 aromatic rings. The number of hydrogen-bond acceptors (Lipinski definition) is 3. The lowest BCUT2D eigenvalue weighted by Gasteiger charge is -2.30. The SMILES string of the molecule is CCCC1C(=O)NC(=O)N(c2ccc(Br)c(C)c2)C1=O. The minimum Gasteiger partial charge on any atom is -0.277 e. The average molecular weight is 339 g/mol. The van der Waals surface area contributed by atoms with Gasteiger partial charge in [-0.05, 0) is 37.1 Å². The number of hydrogen-bond donors (Lipinski definition) is 1. The smallest absolute Gasteiger partial charge is 0.277 e. The van der Waals surface area contributed by atoms with E-state index in [1.54, 1.807) is 18.2 Å². The number of nitrogens with zero attached hydrogens (tertiary/aromatic N) is 1. The summed E-state index contributed by atoms with van der Waals surface area (Å²) in [6.45, 7) is 3.76. The maximum Gasteiger partial charge on any atom is 0.335 e. The van der Waals surface area contributed by atoms with Gasteiger partial charge >= 0.3 is 6.03 Å². The molecule has 1 N–H and O–H groups in total. The lowest BCUT2D eigenvalue weighted by Crippen LogP contribution is -2.58. The molecule has 0 saturated carbocycles. The number of anilines is 1. The van der Waals surface area contributed by atoms with E-state index < -0.39 is 23.8 Å². The first-order chi connectivity index (χ1) is 9.45. The van der Waals surface area contributed by atoms with Crippen LogP contribution in [-0.2, 0) is 9.59 Å². The van der Waals surface area contributed by atoms with Crippen molar-refractivity contribution in [3.05, 3.63) is 28.2 Å². The van der Waals surface area contributed by atoms with Crippen LogP contribution in [0.1, 0.15) is 25.3 Å². The molecule has 1 fully saturated rings. The largest absolute Gasteiger partial charge is 0.335 e. The van der Waals surface area contributed by atoms with Gasteiger partial charge in [0.15, 0.2) is 0 Å². The first kappa shape index (κ1) is 14.7. The van der Waals surface area contributed by atoms with Crippen molar-refractivity contribution in [3.63, 3.8) is 0 Å². The van der Waals surface area contributed by atoms with Crippen LogP contribution in [0.25, 0.3) is 0 Å². The van der Waals surface area contributed by atoms with Gasteiger partial charge in [-0.2, -0.15) is 0 Å². The summed E-state index contributed by atoms with van der Waals surface area (Å²) >= 11 is 3.37. The van der Waals surface area contributed by atoms with Gasteiger partial charge in [0.1, 0.15) is 5.92 Å². The Bertz CT molecular complexity index is 586. The predicted octanol–water partition coefficient (Wildman–Crippen LogP) is 2.76. The van der Waals surface area contributed by atoms with Crippen molar-refractivity contribution in [3.8, 4) is 0 Å². The quantitative estimate of drug-likeness (QED) is 0.861. The van der Waals surface area contributed by atoms with Crippen molar-refractivity contribution in [2.45, 2.75) is 26.7 Å². The summed E-state index contributed by atoms with van der Waals surface area (Å²) in [6, 6.07) is 4.50. The van der Waals surface area contributed by atoms with E-state index in [4.69, 9.17) is 0 Å². The molecule has 6 heteroatoms. The molecule has 1 saturated heterocycles. The molecule has 1 aliphatic rings. The number of urea groups is 1. The topological polar surface area (TPSA) is 66.5 Å². The second-order valence-electron chi connectivity index (χ2n) is 4.74. The number of carbonyl (C=O) groups excluding carboxylic acids is 3. The van der Waals surface area contributed by atoms with Gasteiger partial charge in [0.2, 0.25) is 11.8 Å². The summed E-state index contributed by atoms with van der Waals surface area (Å²) in [7, 11) is 0. The molecule has 1 heterocycles. The van der Waals surface area contributed by atoms with Gasteiger partial charge in [0, 0.05) is 4.47 Å². The Morgan fingerprint density at radius 3 is 2.60 bits per heavy atom. The van der Waals surface area contributed by atoms with Crippen molar-refractivity contribution < 1.29 is 14.4 Å². The Kier molecular flexibility index (Phi) is 4.23. The highest BCUT2D eigenvalue weighted by atomic mass is 79.9. The third kappa shape index (κ3) is 2.60. The number of aryl methyl sites for hydroxylation is 1. The molecule has 1 aliphatic heterocycles. The van der Waals surface area contributed by atoms with Crippen LogP contribution >= 0.6 is 15.9 Å². The molecular formula is C14H15BrN2O3. The van der Waals surface area contributed by atoms with E-state index >= 15 is 0 Å². The normalized spacial score (nSPS) is 19.2. The zero-order chi connectivity index (χ0) is 14.9. The molecule has 0 aliphatic carbocycles. The fraction of sp³-hybridized carbons (Fsp3) is 0.357. The minimum absolute atomic E-state index is 0.434. The summed E-state index contributed by atoms with van der Waals surface area (Å²) in [6.07, 6.45) is 1.13. The van der Waals surface area contributed by atoms with Gasteiger partial charge in [0.05, 0.1) is 5.69 Å². The molecule has 0 aromatic heterocycles. The molecule has 20 heavy (non-hydrogen) atoms. The Hall–Kier alpha value is -1.69. The Morgan fingerprint density at radius 1 is 1.30 bits per heavy atom. The van der Waals surface area contributed by atoms with Crippen LogP contribution in [0.2, 0.25) is 0 Å². The maximum absolute atomic E-state index is 12.4. The minimum atomic E-state index is -0.790. The van der Waals surface area contributed by atoms with E-state index in [9.17, 15) is 14.4 Å². The third-order valence-electron chi connectivity index (χ3n) is 3.25. The number of halogens is 1. The predicted molar refractivity (Wildman–Crippen MR) is 78.3 cm³/mol. The monoisotopic (exact) mass is 338 g/mol. The van der Waals surface area contributed by atoms with Gasteiger partial charge in [-0.1, -0.05) is 29.3 Å². The summed E-state index contributed by atoms with van der Waals surface area (Å²) in [5, 5.41) is 2.24. The number of imide groups is 2. The standard InChI is InChI=1S/C14H15BrN2O3/c1-3-4-10-12(18)16-14(20)17(13(10)19)9-5-6-11(15)8(2)7-9/h5-7,10H,3-4H2,1-2H3,(H,16,18,20). The number of benzene rings is 1. The van der Waals surface area contributed by atoms with Crippen molar-refractivity contribution in [1.29, 1.82) is 0 Å². The number of rotatable bonds is 3. The molecule has 5 nitrogen and oxygen atoms in total. The molecule has 1 aromatic carbocycles. The van der Waals surface area contributed by atoms with Crippen molar-refractivity contribution in [2.75, 3.05) is 4.90 Å². The number of carbonyl (C=O) groups is 3. The van der Waals surface area contributed by atoms with Gasteiger partial charge in [-0.3, -0.25) is 14.9 Å². The molecule has 106 valence electrons. The molecular weight excluding hydrogens is 324 g/mol. The van der Waals surface area contributed by atoms with Gasteiger partial charge in [-0.15, -0.1) is 0 Å². The highest BCUT2D eigenvalue weighted by Crippen LogP contribution is 2.26. The lowest BCUT2D eigenvalue weighted by atomic mass is 9.98. The second kappa shape index (κ2) is 5.75. The highest BCUT2D eigenvalue weighted by molar-refractivity contribution is 9.10. The van der Waals surface area contributed by atoms with Crippen molar-refractivity contribution in [2.24, 2.45) is 5.92 Å². The number of barbiturate groups is 1. The van der Waals surface area contributed by atoms with Crippen molar-refractivity contribution >= 4 is 39.5 Å². The van der Waals surface area contributed by atoms with E-state index in [1.165, 1.54) is 0 Å². The van der Waals surface area contributed by atoms with Gasteiger partial charge in [-0.25, -0.2) is 9.69 Å². The Balaban J connectivity index is 2.38. The van der Waals surface area contributed by atoms with E-state index in [-0.39, 0.29) is 0 Å². The Morgan fingerprint density at radius 2 is 2.00 bits per heavy atom. The maximum atomic E-state index is 12.4. The van der Waals surface area contributed by atoms with Gasteiger partial charge < -0.3 is 0 Å². The zero-order valence-electron chi connectivity index (χ0n) is 11.3. The summed E-state index contributed by atoms with van der Waals surface area (Å²) in [5.41, 5.74) is 1.38. The van der Waals surface area contributed by atoms with E-state index in [1.807, 2.05) is 13.8 Å². The fourth-order valence-corrected chi connectivity index (χ4v) is 2.42. The van der Waals surface area contributed by atoms with E-state index in [0.29, 0.717) is 18.5 Å². The summed E-state index contributed by atoms with van der Waals surface area (Å²) in [5.74, 6) is -1.75. The van der Waals surface area contributed by atoms with Crippen LogP contribution in [0.15, 0.2) is 22.7 Å². The molecule has 4 amide bonds. The van der Waals surface area contributed by atoms with Crippen LogP contribution in [0.3, 0.4) is 0 Å². The lowest BCUT2D eigenvalue weighted by molar-refractivity contribution is -0.134. The van der Waals surface area contributed by atoms with Crippen LogP contribution in [-0.4, -0.2) is 17.8 Å². The van der Waals surface area contributed by atoms with Gasteiger partial charge in [0.25, 0.3) is 0 Å². The zero-order valence-corrected chi connectivity index (χ0v) is 12.9. The fourth-order valence-electron chi connectivity index (χ4n) is 2.17. The van der Waals surface area contributed by atoms with Crippen molar-refractivity contribution in [1.82, 2.24) is 5.32 Å². The third-order valence-corrected chi connectivity index (χ3v) is 4.14. The molecule has 2 rings (SSSR count). The first-order valence-electron chi connectivity index (χ1n) is 6.40. The van der Waals surface area contributed by atoms with Crippen LogP contribution in [0.4, 0.5) is 10.5 Å². The number of amides is 4. The molecule has 1 atom stereocenters. The van der Waals surface area contributed by atoms with Crippen LogP contribution in [0, 0.1) is 12.8 Å². The summed E-state index contributed by atoms with van der Waals surface area (Å²) < 4.78 is 0.896.